The number of nitrogens with one attached hydrogen (secondary N) is 1. The highest BCUT2D eigenvalue weighted by Gasteiger charge is 2.24. The average Bonchev–Trinajstić information content (AvgIpc) is 2.87. The van der Waals surface area contributed by atoms with Crippen molar-refractivity contribution in [2.45, 2.75) is 39.7 Å². The van der Waals surface area contributed by atoms with Crippen LogP contribution < -0.4 is 5.32 Å². The lowest BCUT2D eigenvalue weighted by molar-refractivity contribution is 0.176. The van der Waals surface area contributed by atoms with E-state index >= 15 is 0 Å². The van der Waals surface area contributed by atoms with E-state index < -0.39 is 0 Å². The molecule has 1 aliphatic rings. The van der Waals surface area contributed by atoms with Gasteiger partial charge in [-0.15, -0.1) is 0 Å². The number of nitrogens with zero attached hydrogens (tertiary/aromatic N) is 3. The van der Waals surface area contributed by atoms with E-state index in [0.717, 1.165) is 37.9 Å². The van der Waals surface area contributed by atoms with Crippen molar-refractivity contribution in [2.75, 3.05) is 26.2 Å². The minimum Gasteiger partial charge on any atom is -0.339 e. The molecule has 1 aliphatic heterocycles. The molecule has 1 N–H and O–H groups in total. The molecule has 1 aromatic heterocycles. The van der Waals surface area contributed by atoms with E-state index in [2.05, 4.69) is 48.1 Å². The highest BCUT2D eigenvalue weighted by Crippen LogP contribution is 2.24. The van der Waals surface area contributed by atoms with Crippen molar-refractivity contribution in [2.24, 2.45) is 5.92 Å². The molecular weight excluding hydrogens is 228 g/mol. The summed E-state index contributed by atoms with van der Waals surface area (Å²) in [6.07, 6.45) is 0. The van der Waals surface area contributed by atoms with Crippen LogP contribution in [0.3, 0.4) is 0 Å². The van der Waals surface area contributed by atoms with Crippen molar-refractivity contribution in [3.63, 3.8) is 0 Å². The van der Waals surface area contributed by atoms with Crippen molar-refractivity contribution in [3.05, 3.63) is 11.7 Å². The molecular formula is C13H24N4O. The lowest BCUT2D eigenvalue weighted by atomic mass is 9.98. The van der Waals surface area contributed by atoms with Crippen molar-refractivity contribution in [1.82, 2.24) is 20.4 Å². The Hall–Kier alpha value is -0.940. The van der Waals surface area contributed by atoms with Crippen LogP contribution in [0.1, 0.15) is 51.4 Å². The third-order valence-electron chi connectivity index (χ3n) is 3.92. The number of hydrogen-bond donors (Lipinski definition) is 1. The Morgan fingerprint density at radius 1 is 1.17 bits per heavy atom. The van der Waals surface area contributed by atoms with Gasteiger partial charge < -0.3 is 9.84 Å². The molecule has 0 spiro atoms. The first-order valence-corrected chi connectivity index (χ1v) is 6.88. The van der Waals surface area contributed by atoms with Crippen LogP contribution in [0.25, 0.3) is 0 Å². The zero-order valence-corrected chi connectivity index (χ0v) is 11.8. The van der Waals surface area contributed by atoms with Gasteiger partial charge in [-0.25, -0.2) is 0 Å². The molecule has 2 heterocycles. The fourth-order valence-electron chi connectivity index (χ4n) is 2.12. The summed E-state index contributed by atoms with van der Waals surface area (Å²) >= 11 is 0. The molecule has 0 saturated carbocycles. The summed E-state index contributed by atoms with van der Waals surface area (Å²) in [5.74, 6) is 2.43. The van der Waals surface area contributed by atoms with Gasteiger partial charge in [0.2, 0.25) is 5.89 Å². The van der Waals surface area contributed by atoms with E-state index in [1.165, 1.54) is 0 Å². The number of rotatable bonds is 4. The molecule has 5 nitrogen and oxygen atoms in total. The normalized spacial score (nSPS) is 21.2. The number of hydrogen-bond acceptors (Lipinski definition) is 5. The van der Waals surface area contributed by atoms with Gasteiger partial charge in [0.05, 0.1) is 6.04 Å². The van der Waals surface area contributed by atoms with Gasteiger partial charge >= 0.3 is 0 Å². The predicted molar refractivity (Wildman–Crippen MR) is 70.4 cm³/mol. The summed E-state index contributed by atoms with van der Waals surface area (Å²) in [7, 11) is 0. The lowest BCUT2D eigenvalue weighted by Crippen LogP contribution is -2.44. The maximum absolute atomic E-state index is 5.40. The Bertz CT molecular complexity index is 371. The van der Waals surface area contributed by atoms with Gasteiger partial charge in [0.1, 0.15) is 0 Å². The number of piperazine rings is 1. The molecule has 0 radical (unpaired) electrons. The summed E-state index contributed by atoms with van der Waals surface area (Å²) in [6, 6.07) is 0.240. The molecule has 0 amide bonds. The smallest absolute Gasteiger partial charge is 0.229 e. The molecule has 2 unspecified atom stereocenters. The van der Waals surface area contributed by atoms with Crippen molar-refractivity contribution in [1.29, 1.82) is 0 Å². The maximum atomic E-state index is 5.40. The van der Waals surface area contributed by atoms with E-state index in [1.54, 1.807) is 0 Å². The fraction of sp³-hybridized carbons (Fsp3) is 0.846. The van der Waals surface area contributed by atoms with Crippen LogP contribution in [-0.4, -0.2) is 41.2 Å². The second-order valence-electron chi connectivity index (χ2n) is 5.49. The Labute approximate surface area is 109 Å². The van der Waals surface area contributed by atoms with E-state index in [-0.39, 0.29) is 6.04 Å². The maximum Gasteiger partial charge on any atom is 0.229 e. The lowest BCUT2D eigenvalue weighted by Gasteiger charge is -2.30. The van der Waals surface area contributed by atoms with Gasteiger partial charge in [-0.1, -0.05) is 25.9 Å². The van der Waals surface area contributed by atoms with Crippen molar-refractivity contribution >= 4 is 0 Å². The monoisotopic (exact) mass is 252 g/mol. The first-order chi connectivity index (χ1) is 8.59. The highest BCUT2D eigenvalue weighted by molar-refractivity contribution is 4.98. The first-order valence-electron chi connectivity index (χ1n) is 6.88. The summed E-state index contributed by atoms with van der Waals surface area (Å²) in [6.45, 7) is 12.8. The van der Waals surface area contributed by atoms with E-state index in [4.69, 9.17) is 4.52 Å². The first kappa shape index (κ1) is 13.5. The van der Waals surface area contributed by atoms with Crippen molar-refractivity contribution in [3.8, 4) is 0 Å². The molecule has 5 heteroatoms. The van der Waals surface area contributed by atoms with Gasteiger partial charge in [-0.2, -0.15) is 4.98 Å². The van der Waals surface area contributed by atoms with E-state index in [0.29, 0.717) is 11.8 Å². The van der Waals surface area contributed by atoms with Crippen LogP contribution in [0.2, 0.25) is 0 Å². The van der Waals surface area contributed by atoms with E-state index in [1.807, 2.05) is 0 Å². The van der Waals surface area contributed by atoms with Gasteiger partial charge in [0.25, 0.3) is 0 Å². The molecule has 2 rings (SSSR count). The minimum absolute atomic E-state index is 0.240. The molecule has 0 aromatic carbocycles. The Morgan fingerprint density at radius 2 is 1.83 bits per heavy atom. The van der Waals surface area contributed by atoms with Gasteiger partial charge in [0, 0.05) is 32.1 Å². The average molecular weight is 252 g/mol. The summed E-state index contributed by atoms with van der Waals surface area (Å²) in [5.41, 5.74) is 0. The standard InChI is InChI=1S/C13H24N4O/c1-9(2)10(3)13-15-12(16-18-13)11(4)17-7-5-14-6-8-17/h9-11,14H,5-8H2,1-4H3. The molecule has 18 heavy (non-hydrogen) atoms. The Balaban J connectivity index is 2.04. The van der Waals surface area contributed by atoms with Crippen LogP contribution in [-0.2, 0) is 0 Å². The zero-order chi connectivity index (χ0) is 13.1. The fourth-order valence-corrected chi connectivity index (χ4v) is 2.12. The summed E-state index contributed by atoms with van der Waals surface area (Å²) in [5, 5.41) is 7.50. The van der Waals surface area contributed by atoms with Gasteiger partial charge in [-0.05, 0) is 12.8 Å². The van der Waals surface area contributed by atoms with Crippen LogP contribution in [0.5, 0.6) is 0 Å². The third-order valence-corrected chi connectivity index (χ3v) is 3.92. The second-order valence-corrected chi connectivity index (χ2v) is 5.49. The molecule has 102 valence electrons. The zero-order valence-electron chi connectivity index (χ0n) is 11.8. The molecule has 1 aromatic rings. The largest absolute Gasteiger partial charge is 0.339 e. The van der Waals surface area contributed by atoms with Crippen molar-refractivity contribution < 1.29 is 4.52 Å². The highest BCUT2D eigenvalue weighted by atomic mass is 16.5. The van der Waals surface area contributed by atoms with Crippen LogP contribution in [0.15, 0.2) is 4.52 Å². The Kier molecular flexibility index (Phi) is 4.35. The van der Waals surface area contributed by atoms with Gasteiger partial charge in [-0.3, -0.25) is 4.90 Å². The topological polar surface area (TPSA) is 54.2 Å². The quantitative estimate of drug-likeness (QED) is 0.885. The Morgan fingerprint density at radius 3 is 2.44 bits per heavy atom. The molecule has 2 atom stereocenters. The summed E-state index contributed by atoms with van der Waals surface area (Å²) < 4.78 is 5.40. The summed E-state index contributed by atoms with van der Waals surface area (Å²) in [4.78, 5) is 6.96. The van der Waals surface area contributed by atoms with E-state index in [9.17, 15) is 0 Å². The molecule has 0 aliphatic carbocycles. The third kappa shape index (κ3) is 2.90. The SMILES string of the molecule is CC(C)C(C)c1nc(C(C)N2CCNCC2)no1. The van der Waals surface area contributed by atoms with Gasteiger partial charge in [0.15, 0.2) is 5.82 Å². The molecule has 1 saturated heterocycles. The molecule has 1 fully saturated rings. The van der Waals surface area contributed by atoms with Crippen LogP contribution in [0, 0.1) is 5.92 Å². The van der Waals surface area contributed by atoms with Crippen LogP contribution >= 0.6 is 0 Å². The molecule has 0 bridgehead atoms. The van der Waals surface area contributed by atoms with Crippen LogP contribution in [0.4, 0.5) is 0 Å². The minimum atomic E-state index is 0.240. The number of aromatic nitrogens is 2. The second kappa shape index (κ2) is 5.80. The predicted octanol–water partition coefficient (Wildman–Crippen LogP) is 1.80.